The van der Waals surface area contributed by atoms with Gasteiger partial charge in [0.25, 0.3) is 10.1 Å². The minimum absolute atomic E-state index is 0.118. The molecule has 0 radical (unpaired) electrons. The van der Waals surface area contributed by atoms with Crippen molar-refractivity contribution >= 4 is 28.0 Å². The third-order valence-corrected chi connectivity index (χ3v) is 5.71. The van der Waals surface area contributed by atoms with E-state index in [1.54, 1.807) is 0 Å². The minimum atomic E-state index is -4.41. The lowest BCUT2D eigenvalue weighted by atomic mass is 9.83. The Morgan fingerprint density at radius 3 is 1.81 bits per heavy atom. The third kappa shape index (κ3) is 10.6. The van der Waals surface area contributed by atoms with Crippen LogP contribution in [-0.2, 0) is 38.7 Å². The molecule has 31 heavy (non-hydrogen) atoms. The fourth-order valence-electron chi connectivity index (χ4n) is 2.38. The summed E-state index contributed by atoms with van der Waals surface area (Å²) in [4.78, 5) is 36.8. The van der Waals surface area contributed by atoms with Crippen LogP contribution in [-0.4, -0.2) is 55.9 Å². The molecule has 0 aromatic rings. The van der Waals surface area contributed by atoms with Crippen molar-refractivity contribution in [2.75, 3.05) is 19.8 Å². The van der Waals surface area contributed by atoms with Gasteiger partial charge >= 0.3 is 17.9 Å². The number of unbranched alkanes of at least 4 members (excludes halogenated alkanes) is 3. The van der Waals surface area contributed by atoms with Crippen molar-refractivity contribution in [1.29, 1.82) is 0 Å². The number of ether oxygens (including phenoxy) is 3. The number of esters is 3. The zero-order valence-corrected chi connectivity index (χ0v) is 19.6. The van der Waals surface area contributed by atoms with Crippen LogP contribution >= 0.6 is 0 Å². The number of hydrogen-bond acceptors (Lipinski definition) is 8. The van der Waals surface area contributed by atoms with Crippen LogP contribution in [0.25, 0.3) is 0 Å². The van der Waals surface area contributed by atoms with E-state index in [0.29, 0.717) is 6.42 Å². The summed E-state index contributed by atoms with van der Waals surface area (Å²) in [5, 5.41) is -1.36. The van der Waals surface area contributed by atoms with Crippen LogP contribution in [0.5, 0.6) is 0 Å². The summed E-state index contributed by atoms with van der Waals surface area (Å²) in [6.07, 6.45) is 3.33. The SMILES string of the molecule is C=C(C)C(=O)OCC(CCCCCC)(COC(=O)C(=C)C)C(=O)OCC(C)S(=O)(=O)O. The normalized spacial score (nSPS) is 12.5. The first-order valence-electron chi connectivity index (χ1n) is 10.1. The Morgan fingerprint density at radius 2 is 1.42 bits per heavy atom. The highest BCUT2D eigenvalue weighted by Crippen LogP contribution is 2.30. The highest BCUT2D eigenvalue weighted by atomic mass is 32.2. The smallest absolute Gasteiger partial charge is 0.333 e. The van der Waals surface area contributed by atoms with Gasteiger partial charge in [-0.25, -0.2) is 9.59 Å². The van der Waals surface area contributed by atoms with E-state index in [9.17, 15) is 22.8 Å². The molecule has 1 N–H and O–H groups in total. The maximum Gasteiger partial charge on any atom is 0.333 e. The second kappa shape index (κ2) is 13.3. The molecule has 0 bridgehead atoms. The Kier molecular flexibility index (Phi) is 12.3. The summed E-state index contributed by atoms with van der Waals surface area (Å²) in [5.74, 6) is -2.37. The van der Waals surface area contributed by atoms with Crippen molar-refractivity contribution in [3.8, 4) is 0 Å². The lowest BCUT2D eigenvalue weighted by Crippen LogP contribution is -2.44. The van der Waals surface area contributed by atoms with Crippen molar-refractivity contribution < 1.29 is 41.6 Å². The predicted molar refractivity (Wildman–Crippen MR) is 115 cm³/mol. The van der Waals surface area contributed by atoms with Gasteiger partial charge in [0.1, 0.15) is 30.5 Å². The van der Waals surface area contributed by atoms with Crippen LogP contribution in [0.4, 0.5) is 0 Å². The number of hydrogen-bond donors (Lipinski definition) is 1. The monoisotopic (exact) mass is 462 g/mol. The highest BCUT2D eigenvalue weighted by molar-refractivity contribution is 7.86. The average Bonchev–Trinajstić information content (AvgIpc) is 2.68. The van der Waals surface area contributed by atoms with Gasteiger partial charge in [-0.3, -0.25) is 9.35 Å². The maximum atomic E-state index is 13.0. The van der Waals surface area contributed by atoms with E-state index in [-0.39, 0.29) is 17.6 Å². The number of carbonyl (C=O) groups excluding carboxylic acids is 3. The van der Waals surface area contributed by atoms with Gasteiger partial charge in [0.05, 0.1) is 0 Å². The summed E-state index contributed by atoms with van der Waals surface area (Å²) in [7, 11) is -4.41. The number of carbonyl (C=O) groups is 3. The summed E-state index contributed by atoms with van der Waals surface area (Å²) in [6, 6.07) is 0. The van der Waals surface area contributed by atoms with E-state index in [4.69, 9.17) is 18.8 Å². The van der Waals surface area contributed by atoms with Crippen molar-refractivity contribution in [3.63, 3.8) is 0 Å². The van der Waals surface area contributed by atoms with Gasteiger partial charge in [-0.1, -0.05) is 45.8 Å². The van der Waals surface area contributed by atoms with Gasteiger partial charge in [0.15, 0.2) is 0 Å². The largest absolute Gasteiger partial charge is 0.464 e. The molecular formula is C21H34O9S. The van der Waals surface area contributed by atoms with Crippen LogP contribution in [0.1, 0.15) is 59.8 Å². The lowest BCUT2D eigenvalue weighted by molar-refractivity contribution is -0.170. The minimum Gasteiger partial charge on any atom is -0.464 e. The molecule has 0 aliphatic carbocycles. The zero-order valence-electron chi connectivity index (χ0n) is 18.8. The summed E-state index contributed by atoms with van der Waals surface area (Å²) in [5.41, 5.74) is -1.32. The topological polar surface area (TPSA) is 133 Å². The van der Waals surface area contributed by atoms with Crippen LogP contribution in [0.15, 0.2) is 24.3 Å². The fourth-order valence-corrected chi connectivity index (χ4v) is 2.62. The molecule has 0 heterocycles. The summed E-state index contributed by atoms with van der Waals surface area (Å²) in [6.45, 7) is 11.5. The predicted octanol–water partition coefficient (Wildman–Crippen LogP) is 3.00. The van der Waals surface area contributed by atoms with Gasteiger partial charge < -0.3 is 14.2 Å². The van der Waals surface area contributed by atoms with Gasteiger partial charge in [-0.15, -0.1) is 0 Å². The molecule has 9 nitrogen and oxygen atoms in total. The molecule has 1 atom stereocenters. The fraction of sp³-hybridized carbons (Fsp3) is 0.667. The molecule has 0 rings (SSSR count). The molecule has 178 valence electrons. The Morgan fingerprint density at radius 1 is 0.935 bits per heavy atom. The molecule has 0 aliphatic heterocycles. The van der Waals surface area contributed by atoms with E-state index >= 15 is 0 Å². The molecule has 0 amide bonds. The summed E-state index contributed by atoms with van der Waals surface area (Å²) < 4.78 is 47.1. The summed E-state index contributed by atoms with van der Waals surface area (Å²) >= 11 is 0. The first-order chi connectivity index (χ1) is 14.3. The molecule has 0 spiro atoms. The van der Waals surface area contributed by atoms with E-state index < -0.39 is 58.5 Å². The average molecular weight is 463 g/mol. The van der Waals surface area contributed by atoms with Gasteiger partial charge in [-0.05, 0) is 27.2 Å². The van der Waals surface area contributed by atoms with Crippen LogP contribution in [0, 0.1) is 5.41 Å². The van der Waals surface area contributed by atoms with Crippen molar-refractivity contribution in [2.24, 2.45) is 5.41 Å². The van der Waals surface area contributed by atoms with Crippen LogP contribution in [0.2, 0.25) is 0 Å². The molecule has 10 heteroatoms. The van der Waals surface area contributed by atoms with Crippen LogP contribution in [0.3, 0.4) is 0 Å². The second-order valence-corrected chi connectivity index (χ2v) is 9.56. The van der Waals surface area contributed by atoms with Crippen LogP contribution < -0.4 is 0 Å². The quantitative estimate of drug-likeness (QED) is 0.128. The van der Waals surface area contributed by atoms with E-state index in [1.807, 2.05) is 6.92 Å². The Labute approximate surface area is 184 Å². The van der Waals surface area contributed by atoms with E-state index in [0.717, 1.165) is 19.3 Å². The first-order valence-corrected chi connectivity index (χ1v) is 11.6. The third-order valence-electron chi connectivity index (χ3n) is 4.56. The Bertz CT molecular complexity index is 738. The molecule has 0 saturated carbocycles. The van der Waals surface area contributed by atoms with Gasteiger partial charge in [-0.2, -0.15) is 8.42 Å². The molecule has 0 fully saturated rings. The van der Waals surface area contributed by atoms with Gasteiger partial charge in [0.2, 0.25) is 0 Å². The maximum absolute atomic E-state index is 13.0. The van der Waals surface area contributed by atoms with E-state index in [2.05, 4.69) is 13.2 Å². The Balaban J connectivity index is 5.74. The molecular weight excluding hydrogens is 428 g/mol. The Hall–Kier alpha value is -2.20. The zero-order chi connectivity index (χ0) is 24.2. The molecule has 0 aromatic carbocycles. The standard InChI is InChI=1S/C21H34O9S/c1-7-8-9-10-11-21(13-29-18(22)15(2)3,14-30-19(23)16(4)5)20(24)28-12-17(6)31(25,26)27/h17H,2,4,7-14H2,1,3,5-6H3,(H,25,26,27). The van der Waals surface area contributed by atoms with E-state index in [1.165, 1.54) is 20.8 Å². The van der Waals surface area contributed by atoms with Crippen molar-refractivity contribution in [2.45, 2.75) is 65.0 Å². The second-order valence-electron chi connectivity index (χ2n) is 7.73. The molecule has 0 saturated heterocycles. The first kappa shape index (κ1) is 28.8. The van der Waals surface area contributed by atoms with Crippen molar-refractivity contribution in [3.05, 3.63) is 24.3 Å². The van der Waals surface area contributed by atoms with Gasteiger partial charge in [0, 0.05) is 11.1 Å². The number of rotatable bonds is 15. The molecule has 0 aliphatic rings. The van der Waals surface area contributed by atoms with Crippen molar-refractivity contribution in [1.82, 2.24) is 0 Å². The lowest BCUT2D eigenvalue weighted by Gasteiger charge is -2.31. The highest BCUT2D eigenvalue weighted by Gasteiger charge is 2.43. The molecule has 0 aromatic heterocycles. The molecule has 1 unspecified atom stereocenters.